The van der Waals surface area contributed by atoms with Crippen molar-refractivity contribution in [2.75, 3.05) is 39.9 Å². The molecule has 3 amide bonds. The minimum absolute atomic E-state index is 0.140. The predicted octanol–water partition coefficient (Wildman–Crippen LogP) is 0.481. The first-order chi connectivity index (χ1) is 15.4. The number of carbonyl (C=O) groups is 3. The summed E-state index contributed by atoms with van der Waals surface area (Å²) in [6, 6.07) is 10.0. The van der Waals surface area contributed by atoms with Crippen LogP contribution in [0.1, 0.15) is 21.7 Å². The minimum atomic E-state index is -0.682. The maximum atomic E-state index is 13.6. The Bertz CT molecular complexity index is 1010. The molecule has 0 aliphatic carbocycles. The van der Waals surface area contributed by atoms with Gasteiger partial charge in [-0.15, -0.1) is 0 Å². The van der Waals surface area contributed by atoms with Crippen LogP contribution in [0.25, 0.3) is 0 Å². The third-order valence-corrected chi connectivity index (χ3v) is 6.22. The number of hydrogen-bond acceptors (Lipinski definition) is 5. The lowest BCUT2D eigenvalue weighted by molar-refractivity contribution is -0.160. The molecule has 0 bridgehead atoms. The smallest absolute Gasteiger partial charge is 0.272 e. The SMILES string of the molecule is COCCN1CCN2C(=O)[C@H](Cc3ccccc3)N(C(=O)c3cc(C)nn3C)C[C@H]2C1=O. The standard InChI is InChI=1S/C23H29N5O4/c1-16-13-18(25(2)24-16)22(30)28-15-20-21(29)26(11-12-32-3)9-10-27(20)23(31)19(28)14-17-7-5-4-6-8-17/h4-8,13,19-20H,9-12,14-15H2,1-3H3/t19-,20-/m0/s1. The number of aryl methyl sites for hydroxylation is 2. The molecule has 1 aromatic heterocycles. The highest BCUT2D eigenvalue weighted by Crippen LogP contribution is 2.26. The molecule has 3 heterocycles. The van der Waals surface area contributed by atoms with Crippen LogP contribution in [0, 0.1) is 6.92 Å². The Morgan fingerprint density at radius 2 is 1.91 bits per heavy atom. The van der Waals surface area contributed by atoms with Crippen molar-refractivity contribution < 1.29 is 19.1 Å². The Labute approximate surface area is 187 Å². The summed E-state index contributed by atoms with van der Waals surface area (Å²) in [6.45, 7) is 3.80. The summed E-state index contributed by atoms with van der Waals surface area (Å²) >= 11 is 0. The molecule has 32 heavy (non-hydrogen) atoms. The number of carbonyl (C=O) groups excluding carboxylic acids is 3. The first-order valence-electron chi connectivity index (χ1n) is 10.8. The van der Waals surface area contributed by atoms with Crippen LogP contribution in [0.3, 0.4) is 0 Å². The molecule has 2 saturated heterocycles. The van der Waals surface area contributed by atoms with Crippen LogP contribution in [0.4, 0.5) is 0 Å². The molecule has 0 N–H and O–H groups in total. The Morgan fingerprint density at radius 3 is 2.56 bits per heavy atom. The second-order valence-electron chi connectivity index (χ2n) is 8.32. The maximum Gasteiger partial charge on any atom is 0.272 e. The van der Waals surface area contributed by atoms with Gasteiger partial charge in [0, 0.05) is 40.2 Å². The fourth-order valence-corrected chi connectivity index (χ4v) is 4.56. The topological polar surface area (TPSA) is 88.0 Å². The molecule has 0 spiro atoms. The van der Waals surface area contributed by atoms with E-state index in [2.05, 4.69) is 5.10 Å². The number of methoxy groups -OCH3 is 1. The highest BCUT2D eigenvalue weighted by molar-refractivity contribution is 6.00. The van der Waals surface area contributed by atoms with Crippen molar-refractivity contribution in [1.29, 1.82) is 0 Å². The van der Waals surface area contributed by atoms with Gasteiger partial charge >= 0.3 is 0 Å². The van der Waals surface area contributed by atoms with Crippen molar-refractivity contribution in [2.45, 2.75) is 25.4 Å². The first-order valence-corrected chi connectivity index (χ1v) is 10.8. The van der Waals surface area contributed by atoms with E-state index in [4.69, 9.17) is 4.74 Å². The van der Waals surface area contributed by atoms with Crippen LogP contribution in [-0.2, 0) is 27.8 Å². The number of nitrogens with zero attached hydrogens (tertiary/aromatic N) is 5. The summed E-state index contributed by atoms with van der Waals surface area (Å²) in [4.78, 5) is 45.2. The predicted molar refractivity (Wildman–Crippen MR) is 117 cm³/mol. The Kier molecular flexibility index (Phi) is 6.27. The molecule has 2 atom stereocenters. The zero-order valence-corrected chi connectivity index (χ0v) is 18.7. The number of rotatable bonds is 6. The molecule has 1 aromatic carbocycles. The Hall–Kier alpha value is -3.20. The molecule has 2 fully saturated rings. The van der Waals surface area contributed by atoms with Gasteiger partial charge in [-0.3, -0.25) is 19.1 Å². The molecule has 9 nitrogen and oxygen atoms in total. The van der Waals surface area contributed by atoms with Gasteiger partial charge < -0.3 is 19.4 Å². The second kappa shape index (κ2) is 9.12. The van der Waals surface area contributed by atoms with Crippen LogP contribution in [0.15, 0.2) is 36.4 Å². The van der Waals surface area contributed by atoms with E-state index in [1.165, 1.54) is 4.68 Å². The van der Waals surface area contributed by atoms with Crippen molar-refractivity contribution >= 4 is 17.7 Å². The summed E-state index contributed by atoms with van der Waals surface area (Å²) in [6.07, 6.45) is 0.396. The summed E-state index contributed by atoms with van der Waals surface area (Å²) in [5.41, 5.74) is 2.09. The van der Waals surface area contributed by atoms with Gasteiger partial charge in [-0.05, 0) is 18.6 Å². The summed E-state index contributed by atoms with van der Waals surface area (Å²) in [5.74, 6) is -0.611. The van der Waals surface area contributed by atoms with Crippen LogP contribution in [0.5, 0.6) is 0 Å². The Morgan fingerprint density at radius 1 is 1.16 bits per heavy atom. The quantitative estimate of drug-likeness (QED) is 0.654. The minimum Gasteiger partial charge on any atom is -0.383 e. The molecule has 0 saturated carbocycles. The van der Waals surface area contributed by atoms with Crippen molar-refractivity contribution in [3.63, 3.8) is 0 Å². The molecular formula is C23H29N5O4. The average molecular weight is 440 g/mol. The lowest BCUT2D eigenvalue weighted by Crippen LogP contribution is -2.70. The number of piperazine rings is 2. The van der Waals surface area contributed by atoms with Gasteiger partial charge in [0.15, 0.2) is 0 Å². The number of benzene rings is 1. The van der Waals surface area contributed by atoms with Crippen molar-refractivity contribution in [3.8, 4) is 0 Å². The number of ether oxygens (including phenoxy) is 1. The van der Waals surface area contributed by atoms with E-state index in [9.17, 15) is 14.4 Å². The van der Waals surface area contributed by atoms with E-state index in [0.717, 1.165) is 11.3 Å². The molecule has 0 unspecified atom stereocenters. The van der Waals surface area contributed by atoms with Gasteiger partial charge in [-0.2, -0.15) is 5.10 Å². The van der Waals surface area contributed by atoms with Gasteiger partial charge in [-0.1, -0.05) is 30.3 Å². The summed E-state index contributed by atoms with van der Waals surface area (Å²) < 4.78 is 6.65. The van der Waals surface area contributed by atoms with Crippen molar-refractivity contribution in [1.82, 2.24) is 24.5 Å². The van der Waals surface area contributed by atoms with Crippen molar-refractivity contribution in [3.05, 3.63) is 53.3 Å². The summed E-state index contributed by atoms with van der Waals surface area (Å²) in [5, 5.41) is 4.28. The van der Waals surface area contributed by atoms with E-state index in [0.29, 0.717) is 38.4 Å². The van der Waals surface area contributed by atoms with E-state index in [-0.39, 0.29) is 24.3 Å². The van der Waals surface area contributed by atoms with Gasteiger partial charge in [0.25, 0.3) is 5.91 Å². The fourth-order valence-electron chi connectivity index (χ4n) is 4.56. The first kappa shape index (κ1) is 22.0. The van der Waals surface area contributed by atoms with Crippen molar-refractivity contribution in [2.24, 2.45) is 7.05 Å². The molecule has 170 valence electrons. The normalized spacial score (nSPS) is 21.2. The van der Waals surface area contributed by atoms with Gasteiger partial charge in [0.2, 0.25) is 11.8 Å². The molecular weight excluding hydrogens is 410 g/mol. The molecule has 2 aliphatic rings. The zero-order valence-electron chi connectivity index (χ0n) is 18.7. The molecule has 2 aliphatic heterocycles. The average Bonchev–Trinajstić information content (AvgIpc) is 3.13. The fraction of sp³-hybridized carbons (Fsp3) is 0.478. The highest BCUT2D eigenvalue weighted by Gasteiger charge is 2.48. The molecule has 2 aromatic rings. The molecule has 4 rings (SSSR count). The number of fused-ring (bicyclic) bond motifs is 1. The van der Waals surface area contributed by atoms with Crippen LogP contribution in [0.2, 0.25) is 0 Å². The monoisotopic (exact) mass is 439 g/mol. The third kappa shape index (κ3) is 4.12. The second-order valence-corrected chi connectivity index (χ2v) is 8.32. The third-order valence-electron chi connectivity index (χ3n) is 6.22. The maximum absolute atomic E-state index is 13.6. The summed E-state index contributed by atoms with van der Waals surface area (Å²) in [7, 11) is 3.30. The van der Waals surface area contributed by atoms with E-state index >= 15 is 0 Å². The number of aromatic nitrogens is 2. The Balaban J connectivity index is 1.66. The lowest BCUT2D eigenvalue weighted by atomic mass is 9.96. The largest absolute Gasteiger partial charge is 0.383 e. The van der Waals surface area contributed by atoms with Crippen LogP contribution < -0.4 is 0 Å². The highest BCUT2D eigenvalue weighted by atomic mass is 16.5. The molecule has 0 radical (unpaired) electrons. The van der Waals surface area contributed by atoms with E-state index in [1.807, 2.05) is 37.3 Å². The van der Waals surface area contributed by atoms with Crippen LogP contribution >= 0.6 is 0 Å². The van der Waals surface area contributed by atoms with E-state index < -0.39 is 12.1 Å². The number of amides is 3. The molecule has 9 heteroatoms. The van der Waals surface area contributed by atoms with Gasteiger partial charge in [0.1, 0.15) is 17.8 Å². The zero-order chi connectivity index (χ0) is 22.8. The lowest BCUT2D eigenvalue weighted by Gasteiger charge is -2.49. The van der Waals surface area contributed by atoms with Gasteiger partial charge in [0.05, 0.1) is 18.8 Å². The van der Waals surface area contributed by atoms with E-state index in [1.54, 1.807) is 34.9 Å². The van der Waals surface area contributed by atoms with Gasteiger partial charge in [-0.25, -0.2) is 0 Å². The van der Waals surface area contributed by atoms with Crippen LogP contribution in [-0.4, -0.2) is 94.2 Å². The number of hydrogen-bond donors (Lipinski definition) is 0.